The number of ether oxygens (including phenoxy) is 1. The number of primary amides is 1. The van der Waals surface area contributed by atoms with E-state index in [1.807, 2.05) is 42.5 Å². The molecule has 7 heteroatoms. The minimum atomic E-state index is -0.538. The van der Waals surface area contributed by atoms with Gasteiger partial charge in [-0.25, -0.2) is 9.55 Å². The van der Waals surface area contributed by atoms with Crippen LogP contribution in [0.15, 0.2) is 66.7 Å². The number of aromatic nitrogens is 3. The molecule has 1 amide bonds. The van der Waals surface area contributed by atoms with Gasteiger partial charge in [-0.3, -0.25) is 4.79 Å². The molecule has 140 valence electrons. The van der Waals surface area contributed by atoms with E-state index >= 15 is 0 Å². The first kappa shape index (κ1) is 17.5. The standard InChI is InChI=1S/C21H19N5O2/c1-28-21-25-19-15(20(22)27)9-5-10-16(19)26(21)18-12-6-11-17(24-18)23-13-14-7-3-2-4-8-14/h2-12H,13H2,1H3,(H2,22,27)(H,23,24). The Bertz CT molecular complexity index is 1140. The van der Waals surface area contributed by atoms with E-state index in [1.165, 1.54) is 7.11 Å². The van der Waals surface area contributed by atoms with Gasteiger partial charge >= 0.3 is 6.01 Å². The molecule has 0 aliphatic rings. The smallest absolute Gasteiger partial charge is 0.303 e. The zero-order valence-corrected chi connectivity index (χ0v) is 15.3. The lowest BCUT2D eigenvalue weighted by Gasteiger charge is -2.10. The third-order valence-electron chi connectivity index (χ3n) is 4.38. The largest absolute Gasteiger partial charge is 0.468 e. The van der Waals surface area contributed by atoms with Gasteiger partial charge in [0.25, 0.3) is 5.91 Å². The summed E-state index contributed by atoms with van der Waals surface area (Å²) in [6.07, 6.45) is 0. The minimum absolute atomic E-state index is 0.330. The van der Waals surface area contributed by atoms with Crippen molar-refractivity contribution in [3.05, 3.63) is 77.9 Å². The maximum atomic E-state index is 11.7. The number of anilines is 1. The third kappa shape index (κ3) is 3.25. The number of hydrogen-bond donors (Lipinski definition) is 2. The Hall–Kier alpha value is -3.87. The van der Waals surface area contributed by atoms with Crippen molar-refractivity contribution in [2.24, 2.45) is 5.73 Å². The fraction of sp³-hybridized carbons (Fsp3) is 0.0952. The van der Waals surface area contributed by atoms with Crippen LogP contribution in [0.4, 0.5) is 5.82 Å². The number of hydrogen-bond acceptors (Lipinski definition) is 5. The van der Waals surface area contributed by atoms with Crippen LogP contribution in [-0.2, 0) is 6.54 Å². The molecular weight excluding hydrogens is 354 g/mol. The molecule has 2 aromatic carbocycles. The first-order valence-electron chi connectivity index (χ1n) is 8.78. The average Bonchev–Trinajstić information content (AvgIpc) is 3.12. The number of pyridine rings is 1. The van der Waals surface area contributed by atoms with Gasteiger partial charge in [0, 0.05) is 6.54 Å². The van der Waals surface area contributed by atoms with Gasteiger partial charge in [0.2, 0.25) is 0 Å². The number of benzene rings is 2. The maximum absolute atomic E-state index is 11.7. The number of fused-ring (bicyclic) bond motifs is 1. The number of methoxy groups -OCH3 is 1. The SMILES string of the molecule is COc1nc2c(C(N)=O)cccc2n1-c1cccc(NCc2ccccc2)n1. The summed E-state index contributed by atoms with van der Waals surface area (Å²) in [4.78, 5) is 20.9. The lowest BCUT2D eigenvalue weighted by molar-refractivity contribution is 0.100. The van der Waals surface area contributed by atoms with Gasteiger partial charge in [-0.2, -0.15) is 4.98 Å². The number of carbonyl (C=O) groups excluding carboxylic acids is 1. The van der Waals surface area contributed by atoms with E-state index in [1.54, 1.807) is 16.7 Å². The van der Waals surface area contributed by atoms with E-state index in [-0.39, 0.29) is 0 Å². The molecule has 4 aromatic rings. The van der Waals surface area contributed by atoms with Crippen LogP contribution in [0, 0.1) is 0 Å². The van der Waals surface area contributed by atoms with Crippen LogP contribution in [-0.4, -0.2) is 27.6 Å². The van der Waals surface area contributed by atoms with Crippen LogP contribution >= 0.6 is 0 Å². The van der Waals surface area contributed by atoms with E-state index in [0.29, 0.717) is 35.0 Å². The second kappa shape index (κ2) is 7.40. The predicted molar refractivity (Wildman–Crippen MR) is 108 cm³/mol. The highest BCUT2D eigenvalue weighted by Crippen LogP contribution is 2.27. The second-order valence-corrected chi connectivity index (χ2v) is 6.19. The molecule has 4 rings (SSSR count). The van der Waals surface area contributed by atoms with Crippen LogP contribution in [0.2, 0.25) is 0 Å². The van der Waals surface area contributed by atoms with Gasteiger partial charge in [-0.15, -0.1) is 0 Å². The molecule has 0 radical (unpaired) electrons. The first-order valence-corrected chi connectivity index (χ1v) is 8.78. The summed E-state index contributed by atoms with van der Waals surface area (Å²) in [6.45, 7) is 0.658. The monoisotopic (exact) mass is 373 g/mol. The molecule has 2 heterocycles. The average molecular weight is 373 g/mol. The van der Waals surface area contributed by atoms with Gasteiger partial charge in [0.15, 0.2) is 0 Å². The van der Waals surface area contributed by atoms with Gasteiger partial charge < -0.3 is 15.8 Å². The third-order valence-corrected chi connectivity index (χ3v) is 4.38. The summed E-state index contributed by atoms with van der Waals surface area (Å²) in [7, 11) is 1.53. The van der Waals surface area contributed by atoms with Crippen molar-refractivity contribution in [3.8, 4) is 11.8 Å². The molecule has 0 unspecified atom stereocenters. The number of imidazole rings is 1. The zero-order chi connectivity index (χ0) is 19.5. The topological polar surface area (TPSA) is 95.1 Å². The summed E-state index contributed by atoms with van der Waals surface area (Å²) in [5.41, 5.74) is 8.16. The lowest BCUT2D eigenvalue weighted by atomic mass is 10.2. The molecule has 0 saturated carbocycles. The zero-order valence-electron chi connectivity index (χ0n) is 15.3. The highest BCUT2D eigenvalue weighted by atomic mass is 16.5. The Kier molecular flexibility index (Phi) is 4.63. The number of carbonyl (C=O) groups is 1. The van der Waals surface area contributed by atoms with Crippen molar-refractivity contribution < 1.29 is 9.53 Å². The van der Waals surface area contributed by atoms with Crippen molar-refractivity contribution in [1.82, 2.24) is 14.5 Å². The molecule has 0 spiro atoms. The molecular formula is C21H19N5O2. The Morgan fingerprint density at radius 3 is 2.57 bits per heavy atom. The Morgan fingerprint density at radius 2 is 1.82 bits per heavy atom. The molecule has 7 nitrogen and oxygen atoms in total. The number of nitrogens with zero attached hydrogens (tertiary/aromatic N) is 3. The van der Waals surface area contributed by atoms with Crippen LogP contribution < -0.4 is 15.8 Å². The lowest BCUT2D eigenvalue weighted by Crippen LogP contribution is -2.11. The molecule has 0 atom stereocenters. The van der Waals surface area contributed by atoms with Crippen molar-refractivity contribution in [1.29, 1.82) is 0 Å². The van der Waals surface area contributed by atoms with E-state index in [9.17, 15) is 4.79 Å². The van der Waals surface area contributed by atoms with Crippen molar-refractivity contribution in [2.45, 2.75) is 6.54 Å². The highest BCUT2D eigenvalue weighted by molar-refractivity contribution is 6.04. The van der Waals surface area contributed by atoms with Gasteiger partial charge in [0.05, 0.1) is 18.2 Å². The number of amides is 1. The van der Waals surface area contributed by atoms with E-state index < -0.39 is 5.91 Å². The van der Waals surface area contributed by atoms with E-state index in [2.05, 4.69) is 27.4 Å². The summed E-state index contributed by atoms with van der Waals surface area (Å²) in [5.74, 6) is 0.805. The minimum Gasteiger partial charge on any atom is -0.468 e. The molecule has 28 heavy (non-hydrogen) atoms. The normalized spacial score (nSPS) is 10.8. The number of para-hydroxylation sites is 1. The van der Waals surface area contributed by atoms with Crippen LogP contribution in [0.25, 0.3) is 16.9 Å². The van der Waals surface area contributed by atoms with Crippen molar-refractivity contribution in [2.75, 3.05) is 12.4 Å². The van der Waals surface area contributed by atoms with Gasteiger partial charge in [-0.1, -0.05) is 42.5 Å². The number of rotatable bonds is 6. The predicted octanol–water partition coefficient (Wildman–Crippen LogP) is 3.14. The van der Waals surface area contributed by atoms with Gasteiger partial charge in [0.1, 0.15) is 17.2 Å². The quantitative estimate of drug-likeness (QED) is 0.541. The first-order chi connectivity index (χ1) is 13.7. The Labute approximate surface area is 161 Å². The molecule has 3 N–H and O–H groups in total. The Morgan fingerprint density at radius 1 is 1.04 bits per heavy atom. The fourth-order valence-corrected chi connectivity index (χ4v) is 3.07. The van der Waals surface area contributed by atoms with E-state index in [0.717, 1.165) is 11.4 Å². The van der Waals surface area contributed by atoms with Crippen molar-refractivity contribution >= 4 is 22.8 Å². The summed E-state index contributed by atoms with van der Waals surface area (Å²) in [5, 5.41) is 3.32. The molecule has 0 aliphatic heterocycles. The number of nitrogens with one attached hydrogen (secondary N) is 1. The summed E-state index contributed by atoms with van der Waals surface area (Å²) in [6, 6.07) is 21.3. The molecule has 0 saturated heterocycles. The van der Waals surface area contributed by atoms with Crippen LogP contribution in [0.1, 0.15) is 15.9 Å². The summed E-state index contributed by atoms with van der Waals surface area (Å²) < 4.78 is 7.19. The molecule has 2 aromatic heterocycles. The maximum Gasteiger partial charge on any atom is 0.303 e. The number of nitrogens with two attached hydrogens (primary N) is 1. The van der Waals surface area contributed by atoms with Crippen molar-refractivity contribution in [3.63, 3.8) is 0 Å². The second-order valence-electron chi connectivity index (χ2n) is 6.19. The Balaban J connectivity index is 1.74. The fourth-order valence-electron chi connectivity index (χ4n) is 3.07. The molecule has 0 aliphatic carbocycles. The van der Waals surface area contributed by atoms with Gasteiger partial charge in [-0.05, 0) is 29.8 Å². The molecule has 0 fully saturated rings. The van der Waals surface area contributed by atoms with Crippen LogP contribution in [0.5, 0.6) is 6.01 Å². The van der Waals surface area contributed by atoms with E-state index in [4.69, 9.17) is 10.5 Å². The van der Waals surface area contributed by atoms with Crippen LogP contribution in [0.3, 0.4) is 0 Å². The molecule has 0 bridgehead atoms. The highest BCUT2D eigenvalue weighted by Gasteiger charge is 2.18. The summed E-state index contributed by atoms with van der Waals surface area (Å²) >= 11 is 0.